The quantitative estimate of drug-likeness (QED) is 0.500. The minimum Gasteiger partial charge on any atom is -0.497 e. The summed E-state index contributed by atoms with van der Waals surface area (Å²) in [5.41, 5.74) is 4.08. The average Bonchev–Trinajstić information content (AvgIpc) is 3.31. The fourth-order valence-corrected chi connectivity index (χ4v) is 4.47. The van der Waals surface area contributed by atoms with Gasteiger partial charge in [-0.1, -0.05) is 42.5 Å². The number of benzene rings is 3. The summed E-state index contributed by atoms with van der Waals surface area (Å²) in [5.74, 6) is 1.75. The number of para-hydroxylation sites is 1. The summed E-state index contributed by atoms with van der Waals surface area (Å²) in [6.45, 7) is 0. The maximum Gasteiger partial charge on any atom is 0.226 e. The highest BCUT2D eigenvalue weighted by Gasteiger charge is 2.41. The van der Waals surface area contributed by atoms with Crippen molar-refractivity contribution in [3.8, 4) is 11.5 Å². The molecule has 6 rings (SSSR count). The van der Waals surface area contributed by atoms with Gasteiger partial charge in [-0.15, -0.1) is 0 Å². The van der Waals surface area contributed by atoms with E-state index in [4.69, 9.17) is 9.47 Å². The van der Waals surface area contributed by atoms with Crippen molar-refractivity contribution in [3.63, 3.8) is 0 Å². The number of ether oxygens (including phenoxy) is 2. The first-order valence-electron chi connectivity index (χ1n) is 10.3. The molecule has 1 N–H and O–H groups in total. The number of halogens is 1. The lowest BCUT2D eigenvalue weighted by Crippen LogP contribution is -2.32. The topological polar surface area (TPSA) is 61.2 Å². The van der Waals surface area contributed by atoms with E-state index in [1.54, 1.807) is 19.2 Å². The van der Waals surface area contributed by atoms with Gasteiger partial charge in [-0.25, -0.2) is 9.07 Å². The lowest BCUT2D eigenvalue weighted by Gasteiger charge is -2.39. The number of hydrogen-bond donors (Lipinski definition) is 1. The second-order valence-corrected chi connectivity index (χ2v) is 7.67. The highest BCUT2D eigenvalue weighted by atomic mass is 19.1. The van der Waals surface area contributed by atoms with E-state index in [1.165, 1.54) is 12.4 Å². The summed E-state index contributed by atoms with van der Waals surface area (Å²) in [6, 6.07) is 21.9. The van der Waals surface area contributed by atoms with E-state index >= 15 is 0 Å². The van der Waals surface area contributed by atoms with Crippen molar-refractivity contribution in [3.05, 3.63) is 107 Å². The van der Waals surface area contributed by atoms with E-state index in [1.807, 2.05) is 59.3 Å². The van der Waals surface area contributed by atoms with Crippen LogP contribution in [0.3, 0.4) is 0 Å². The number of nitrogens with one attached hydrogen (secondary N) is 1. The Morgan fingerprint density at radius 1 is 1.00 bits per heavy atom. The van der Waals surface area contributed by atoms with Gasteiger partial charge in [0.2, 0.25) is 5.95 Å². The summed E-state index contributed by atoms with van der Waals surface area (Å²) >= 11 is 0. The Morgan fingerprint density at radius 2 is 1.78 bits per heavy atom. The highest BCUT2D eigenvalue weighted by molar-refractivity contribution is 5.85. The van der Waals surface area contributed by atoms with Crippen LogP contribution in [0.2, 0.25) is 0 Å². The van der Waals surface area contributed by atoms with E-state index in [9.17, 15) is 4.39 Å². The van der Waals surface area contributed by atoms with E-state index in [2.05, 4.69) is 15.4 Å². The second kappa shape index (κ2) is 7.23. The molecule has 2 aliphatic rings. The Hall–Kier alpha value is -4.13. The average molecular weight is 426 g/mol. The van der Waals surface area contributed by atoms with Crippen molar-refractivity contribution in [2.75, 3.05) is 12.4 Å². The molecule has 0 saturated carbocycles. The number of hydrogen-bond acceptors (Lipinski definition) is 5. The van der Waals surface area contributed by atoms with Crippen LogP contribution in [-0.2, 0) is 0 Å². The van der Waals surface area contributed by atoms with Crippen LogP contribution in [0.5, 0.6) is 11.5 Å². The number of rotatable bonds is 3. The molecule has 0 spiro atoms. The van der Waals surface area contributed by atoms with Gasteiger partial charge in [-0.05, 0) is 35.9 Å². The molecule has 2 unspecified atom stereocenters. The van der Waals surface area contributed by atoms with Crippen molar-refractivity contribution in [2.24, 2.45) is 0 Å². The van der Waals surface area contributed by atoms with Crippen LogP contribution in [0.25, 0.3) is 5.70 Å². The number of nitrogens with zero attached hydrogens (tertiary/aromatic N) is 3. The van der Waals surface area contributed by atoms with Crippen molar-refractivity contribution < 1.29 is 13.9 Å². The lowest BCUT2D eigenvalue weighted by molar-refractivity contribution is 0.218. The molecule has 0 aliphatic carbocycles. The van der Waals surface area contributed by atoms with Gasteiger partial charge in [0.05, 0.1) is 12.8 Å². The molecule has 2 atom stereocenters. The fourth-order valence-electron chi connectivity index (χ4n) is 4.47. The smallest absolute Gasteiger partial charge is 0.226 e. The molecule has 2 aliphatic heterocycles. The van der Waals surface area contributed by atoms with Crippen LogP contribution in [0.4, 0.5) is 10.3 Å². The summed E-state index contributed by atoms with van der Waals surface area (Å²) in [6.07, 6.45) is 0.875. The molecule has 3 heterocycles. The van der Waals surface area contributed by atoms with Gasteiger partial charge < -0.3 is 14.8 Å². The maximum atomic E-state index is 15.0. The molecule has 3 aromatic carbocycles. The monoisotopic (exact) mass is 426 g/mol. The van der Waals surface area contributed by atoms with Crippen molar-refractivity contribution in [1.29, 1.82) is 0 Å². The number of anilines is 1. The minimum absolute atomic E-state index is 0.318. The van der Waals surface area contributed by atoms with Crippen molar-refractivity contribution in [1.82, 2.24) is 14.8 Å². The van der Waals surface area contributed by atoms with Crippen LogP contribution in [0, 0.1) is 5.82 Å². The molecule has 6 nitrogen and oxygen atoms in total. The molecule has 0 bridgehead atoms. The predicted molar refractivity (Wildman–Crippen MR) is 118 cm³/mol. The Morgan fingerprint density at radius 3 is 2.59 bits per heavy atom. The normalized spacial score (nSPS) is 18.7. The SMILES string of the molecule is COc1ccc(C2C3=C(Nc4ncnn42)c2ccccc2OC3c2ccccc2F)cc1. The van der Waals surface area contributed by atoms with Gasteiger partial charge >= 0.3 is 0 Å². The highest BCUT2D eigenvalue weighted by Crippen LogP contribution is 2.50. The molecule has 32 heavy (non-hydrogen) atoms. The second-order valence-electron chi connectivity index (χ2n) is 7.67. The zero-order valence-corrected chi connectivity index (χ0v) is 17.2. The predicted octanol–water partition coefficient (Wildman–Crippen LogP) is 4.99. The Bertz CT molecular complexity index is 1350. The zero-order chi connectivity index (χ0) is 21.7. The third-order valence-corrected chi connectivity index (χ3v) is 5.94. The third-order valence-electron chi connectivity index (χ3n) is 5.94. The maximum absolute atomic E-state index is 15.0. The van der Waals surface area contributed by atoms with Crippen LogP contribution in [0.15, 0.2) is 84.7 Å². The first-order chi connectivity index (χ1) is 15.7. The minimum atomic E-state index is -0.641. The summed E-state index contributed by atoms with van der Waals surface area (Å²) in [7, 11) is 1.63. The molecule has 0 saturated heterocycles. The third kappa shape index (κ3) is 2.78. The van der Waals surface area contributed by atoms with Crippen LogP contribution in [-0.4, -0.2) is 21.9 Å². The van der Waals surface area contributed by atoms with Gasteiger partial charge in [0.25, 0.3) is 0 Å². The largest absolute Gasteiger partial charge is 0.497 e. The van der Waals surface area contributed by atoms with Gasteiger partial charge in [0.15, 0.2) is 6.10 Å². The van der Waals surface area contributed by atoms with Gasteiger partial charge in [-0.3, -0.25) is 0 Å². The van der Waals surface area contributed by atoms with Gasteiger partial charge in [0.1, 0.15) is 29.7 Å². The fraction of sp³-hybridized carbons (Fsp3) is 0.120. The molecule has 158 valence electrons. The molecule has 0 amide bonds. The summed E-state index contributed by atoms with van der Waals surface area (Å²) in [4.78, 5) is 4.41. The van der Waals surface area contributed by atoms with Crippen LogP contribution >= 0.6 is 0 Å². The summed E-state index contributed by atoms with van der Waals surface area (Å²) < 4.78 is 28.6. The molecule has 1 aromatic heterocycles. The van der Waals surface area contributed by atoms with E-state index in [0.717, 1.165) is 28.1 Å². The van der Waals surface area contributed by atoms with Crippen molar-refractivity contribution >= 4 is 11.6 Å². The van der Waals surface area contributed by atoms with Crippen molar-refractivity contribution in [2.45, 2.75) is 12.1 Å². The Labute approximate surface area is 183 Å². The molecule has 0 radical (unpaired) electrons. The Kier molecular flexibility index (Phi) is 4.21. The molecular weight excluding hydrogens is 407 g/mol. The zero-order valence-electron chi connectivity index (χ0n) is 17.2. The summed E-state index contributed by atoms with van der Waals surface area (Å²) in [5, 5.41) is 7.90. The van der Waals surface area contributed by atoms with E-state index in [0.29, 0.717) is 17.3 Å². The van der Waals surface area contributed by atoms with Crippen LogP contribution < -0.4 is 14.8 Å². The molecule has 4 aromatic rings. The number of fused-ring (bicyclic) bond motifs is 3. The Balaban J connectivity index is 1.62. The standard InChI is InChI=1S/C25H19FN4O2/c1-31-16-12-10-15(11-13-16)23-21-22(29-25-27-14-28-30(23)25)18-7-3-5-9-20(18)32-24(21)17-6-2-4-8-19(17)26/h2-14,23-24H,1H3,(H,27,28,29). The molecule has 7 heteroatoms. The lowest BCUT2D eigenvalue weighted by atomic mass is 9.84. The first kappa shape index (κ1) is 18.6. The number of aromatic nitrogens is 3. The van der Waals surface area contributed by atoms with E-state index in [-0.39, 0.29) is 11.9 Å². The molecular formula is C25H19FN4O2. The number of methoxy groups -OCH3 is 1. The van der Waals surface area contributed by atoms with E-state index < -0.39 is 6.10 Å². The molecule has 0 fully saturated rings. The van der Waals surface area contributed by atoms with Gasteiger partial charge in [0, 0.05) is 16.7 Å². The van der Waals surface area contributed by atoms with Gasteiger partial charge in [-0.2, -0.15) is 10.1 Å². The first-order valence-corrected chi connectivity index (χ1v) is 10.3. The van der Waals surface area contributed by atoms with Crippen LogP contribution in [0.1, 0.15) is 28.8 Å².